The van der Waals surface area contributed by atoms with E-state index in [1.54, 1.807) is 17.4 Å². The van der Waals surface area contributed by atoms with E-state index in [0.717, 1.165) is 11.3 Å². The quantitative estimate of drug-likeness (QED) is 0.636. The van der Waals surface area contributed by atoms with Crippen LogP contribution in [0.25, 0.3) is 0 Å². The first-order valence-electron chi connectivity index (χ1n) is 5.92. The highest BCUT2D eigenvalue weighted by Gasteiger charge is 2.14. The van der Waals surface area contributed by atoms with Gasteiger partial charge < -0.3 is 10.0 Å². The first kappa shape index (κ1) is 15.0. The van der Waals surface area contributed by atoms with E-state index in [-0.39, 0.29) is 12.3 Å². The van der Waals surface area contributed by atoms with Crippen molar-refractivity contribution in [2.24, 2.45) is 0 Å². The van der Waals surface area contributed by atoms with Crippen molar-refractivity contribution in [2.75, 3.05) is 18.1 Å². The van der Waals surface area contributed by atoms with Crippen LogP contribution in [0.5, 0.6) is 0 Å². The van der Waals surface area contributed by atoms with Gasteiger partial charge in [-0.2, -0.15) is 11.3 Å². The van der Waals surface area contributed by atoms with Gasteiger partial charge in [0.25, 0.3) is 5.69 Å². The summed E-state index contributed by atoms with van der Waals surface area (Å²) in [6, 6.07) is 6.67. The van der Waals surface area contributed by atoms with Gasteiger partial charge in [-0.05, 0) is 44.4 Å². The van der Waals surface area contributed by atoms with Gasteiger partial charge in [-0.25, -0.2) is 0 Å². The van der Waals surface area contributed by atoms with Gasteiger partial charge in [-0.1, -0.05) is 0 Å². The van der Waals surface area contributed by atoms with Gasteiger partial charge in [0.2, 0.25) is 0 Å². The first-order chi connectivity index (χ1) is 9.61. The molecular formula is C13H13BrN2O3S. The van der Waals surface area contributed by atoms with Crippen molar-refractivity contribution in [3.8, 4) is 0 Å². The topological polar surface area (TPSA) is 66.6 Å². The van der Waals surface area contributed by atoms with Crippen molar-refractivity contribution in [1.82, 2.24) is 0 Å². The third kappa shape index (κ3) is 3.56. The molecule has 1 aromatic carbocycles. The average Bonchev–Trinajstić information content (AvgIpc) is 2.91. The Hall–Kier alpha value is -1.44. The van der Waals surface area contributed by atoms with Crippen molar-refractivity contribution in [2.45, 2.75) is 6.54 Å². The Labute approximate surface area is 128 Å². The molecule has 2 rings (SSSR count). The lowest BCUT2D eigenvalue weighted by molar-refractivity contribution is -0.384. The lowest BCUT2D eigenvalue weighted by Gasteiger charge is -2.24. The molecule has 1 heterocycles. The molecule has 5 nitrogen and oxygen atoms in total. The summed E-state index contributed by atoms with van der Waals surface area (Å²) in [5.41, 5.74) is 2.02. The maximum Gasteiger partial charge on any atom is 0.270 e. The number of nitro groups is 1. The van der Waals surface area contributed by atoms with E-state index < -0.39 is 4.92 Å². The van der Waals surface area contributed by atoms with Gasteiger partial charge >= 0.3 is 0 Å². The fourth-order valence-corrected chi connectivity index (χ4v) is 3.15. The van der Waals surface area contributed by atoms with E-state index in [1.807, 2.05) is 21.7 Å². The summed E-state index contributed by atoms with van der Waals surface area (Å²) >= 11 is 4.98. The van der Waals surface area contributed by atoms with Crippen molar-refractivity contribution in [3.05, 3.63) is 55.2 Å². The van der Waals surface area contributed by atoms with Gasteiger partial charge in [-0.15, -0.1) is 0 Å². The number of non-ortho nitro benzene ring substituents is 1. The number of nitro benzene ring substituents is 1. The summed E-state index contributed by atoms with van der Waals surface area (Å²) in [6.45, 7) is 1.14. The largest absolute Gasteiger partial charge is 0.395 e. The number of hydrogen-bond acceptors (Lipinski definition) is 5. The van der Waals surface area contributed by atoms with Crippen molar-refractivity contribution in [1.29, 1.82) is 0 Å². The molecule has 20 heavy (non-hydrogen) atoms. The van der Waals surface area contributed by atoms with Gasteiger partial charge in [0.15, 0.2) is 0 Å². The molecule has 106 valence electrons. The summed E-state index contributed by atoms with van der Waals surface area (Å²) < 4.78 is 0.648. The third-order valence-corrected chi connectivity index (χ3v) is 4.17. The maximum atomic E-state index is 10.7. The molecule has 0 unspecified atom stereocenters. The second-order valence-electron chi connectivity index (χ2n) is 4.17. The standard InChI is InChI=1S/C13H13BrN2O3S/c14-12-7-11(16(18)19)1-2-13(12)15(4-5-17)8-10-3-6-20-9-10/h1-3,6-7,9,17H,4-5,8H2. The molecule has 0 fully saturated rings. The Bertz CT molecular complexity index is 589. The molecule has 0 amide bonds. The summed E-state index contributed by atoms with van der Waals surface area (Å²) in [5, 5.41) is 24.0. The summed E-state index contributed by atoms with van der Waals surface area (Å²) in [4.78, 5) is 12.3. The normalized spacial score (nSPS) is 10.5. The minimum atomic E-state index is -0.427. The van der Waals surface area contributed by atoms with Crippen molar-refractivity contribution < 1.29 is 10.0 Å². The molecule has 2 aromatic rings. The van der Waals surface area contributed by atoms with Crippen LogP contribution in [0.2, 0.25) is 0 Å². The number of benzene rings is 1. The lowest BCUT2D eigenvalue weighted by atomic mass is 10.2. The Kier molecular flexibility index (Phi) is 5.11. The molecule has 0 saturated heterocycles. The van der Waals surface area contributed by atoms with Crippen molar-refractivity contribution in [3.63, 3.8) is 0 Å². The highest BCUT2D eigenvalue weighted by atomic mass is 79.9. The van der Waals surface area contributed by atoms with Crippen LogP contribution in [-0.2, 0) is 6.54 Å². The number of halogens is 1. The zero-order chi connectivity index (χ0) is 14.5. The van der Waals surface area contributed by atoms with Crippen LogP contribution in [0.4, 0.5) is 11.4 Å². The minimum absolute atomic E-state index is 0.0214. The van der Waals surface area contributed by atoms with Gasteiger partial charge in [0, 0.05) is 29.7 Å². The van der Waals surface area contributed by atoms with Crippen LogP contribution in [-0.4, -0.2) is 23.2 Å². The van der Waals surface area contributed by atoms with Crippen LogP contribution in [0.3, 0.4) is 0 Å². The van der Waals surface area contributed by atoms with Crippen LogP contribution < -0.4 is 4.90 Å². The number of thiophene rings is 1. The number of rotatable bonds is 6. The Balaban J connectivity index is 2.26. The van der Waals surface area contributed by atoms with Gasteiger partial charge in [0.1, 0.15) is 0 Å². The predicted octanol–water partition coefficient (Wildman–Crippen LogP) is 3.42. The molecule has 0 atom stereocenters. The number of anilines is 1. The molecule has 0 radical (unpaired) electrons. The van der Waals surface area contributed by atoms with E-state index in [0.29, 0.717) is 17.6 Å². The van der Waals surface area contributed by atoms with Crippen LogP contribution >= 0.6 is 27.3 Å². The van der Waals surface area contributed by atoms with Crippen LogP contribution in [0.1, 0.15) is 5.56 Å². The molecule has 0 aliphatic heterocycles. The van der Waals surface area contributed by atoms with Crippen LogP contribution in [0, 0.1) is 10.1 Å². The highest BCUT2D eigenvalue weighted by Crippen LogP contribution is 2.31. The summed E-state index contributed by atoms with van der Waals surface area (Å²) in [7, 11) is 0. The van der Waals surface area contributed by atoms with Gasteiger partial charge in [0.05, 0.1) is 17.2 Å². The Morgan fingerprint density at radius 3 is 2.75 bits per heavy atom. The van der Waals surface area contributed by atoms with E-state index >= 15 is 0 Å². The minimum Gasteiger partial charge on any atom is -0.395 e. The van der Waals surface area contributed by atoms with Gasteiger partial charge in [-0.3, -0.25) is 10.1 Å². The number of aliphatic hydroxyl groups excluding tert-OH is 1. The van der Waals surface area contributed by atoms with E-state index in [4.69, 9.17) is 0 Å². The number of hydrogen-bond donors (Lipinski definition) is 1. The summed E-state index contributed by atoms with van der Waals surface area (Å²) in [5.74, 6) is 0. The fourth-order valence-electron chi connectivity index (χ4n) is 1.87. The number of nitrogens with zero attached hydrogens (tertiary/aromatic N) is 2. The highest BCUT2D eigenvalue weighted by molar-refractivity contribution is 9.10. The zero-order valence-corrected chi connectivity index (χ0v) is 12.9. The smallest absolute Gasteiger partial charge is 0.270 e. The monoisotopic (exact) mass is 356 g/mol. The summed E-state index contributed by atoms with van der Waals surface area (Å²) in [6.07, 6.45) is 0. The molecule has 0 spiro atoms. The molecule has 0 saturated carbocycles. The molecule has 0 aliphatic carbocycles. The first-order valence-corrected chi connectivity index (χ1v) is 7.66. The van der Waals surface area contributed by atoms with E-state index in [9.17, 15) is 15.2 Å². The zero-order valence-electron chi connectivity index (χ0n) is 10.5. The predicted molar refractivity (Wildman–Crippen MR) is 83.3 cm³/mol. The lowest BCUT2D eigenvalue weighted by Crippen LogP contribution is -2.26. The Morgan fingerprint density at radius 1 is 1.40 bits per heavy atom. The number of aliphatic hydroxyl groups is 1. The van der Waals surface area contributed by atoms with Crippen molar-refractivity contribution >= 4 is 38.6 Å². The maximum absolute atomic E-state index is 10.7. The molecule has 1 aromatic heterocycles. The SMILES string of the molecule is O=[N+]([O-])c1ccc(N(CCO)Cc2ccsc2)c(Br)c1. The third-order valence-electron chi connectivity index (χ3n) is 2.81. The molecule has 0 aliphatic rings. The van der Waals surface area contributed by atoms with Crippen LogP contribution in [0.15, 0.2) is 39.5 Å². The average molecular weight is 357 g/mol. The second kappa shape index (κ2) is 6.83. The fraction of sp³-hybridized carbons (Fsp3) is 0.231. The molecule has 0 bridgehead atoms. The van der Waals surface area contributed by atoms with E-state index in [1.165, 1.54) is 12.1 Å². The Morgan fingerprint density at radius 2 is 2.20 bits per heavy atom. The molecule has 7 heteroatoms. The molecular weight excluding hydrogens is 344 g/mol. The second-order valence-corrected chi connectivity index (χ2v) is 5.80. The van der Waals surface area contributed by atoms with E-state index in [2.05, 4.69) is 15.9 Å². The molecule has 1 N–H and O–H groups in total.